The molecule has 1 saturated carbocycles. The molecule has 4 aromatic rings. The number of aryl methyl sites for hydroxylation is 1. The Balaban J connectivity index is 0.000000908. The molecule has 7 nitrogen and oxygen atoms in total. The first kappa shape index (κ1) is 37.1. The summed E-state index contributed by atoms with van der Waals surface area (Å²) in [5.41, 5.74) is 8.45. The van der Waals surface area contributed by atoms with Gasteiger partial charge in [0.15, 0.2) is 11.6 Å². The van der Waals surface area contributed by atoms with E-state index >= 15 is 0 Å². The second-order valence-corrected chi connectivity index (χ2v) is 11.7. The van der Waals surface area contributed by atoms with Crippen molar-refractivity contribution in [3.05, 3.63) is 85.6 Å². The number of nitrogens with zero attached hydrogens (tertiary/aromatic N) is 2. The fourth-order valence-corrected chi connectivity index (χ4v) is 5.90. The maximum atomic E-state index is 14.4. The maximum Gasteiger partial charge on any atom is 0.251 e. The van der Waals surface area contributed by atoms with Gasteiger partial charge in [-0.15, -0.1) is 0 Å². The Morgan fingerprint density at radius 1 is 1.07 bits per heavy atom. The molecule has 0 saturated heterocycles. The minimum atomic E-state index is -1.13. The molecular weight excluding hydrogens is 657 g/mol. The smallest absolute Gasteiger partial charge is 0.251 e. The van der Waals surface area contributed by atoms with Gasteiger partial charge >= 0.3 is 0 Å². The summed E-state index contributed by atoms with van der Waals surface area (Å²) < 4.78 is 34.1. The summed E-state index contributed by atoms with van der Waals surface area (Å²) in [6, 6.07) is 9.52. The summed E-state index contributed by atoms with van der Waals surface area (Å²) >= 11 is 18.9. The molecule has 1 fully saturated rings. The van der Waals surface area contributed by atoms with E-state index in [1.807, 2.05) is 33.6 Å². The number of carbonyl (C=O) groups is 2. The molecule has 1 amide bonds. The number of pyridine rings is 2. The monoisotopic (exact) mass is 692 g/mol. The molecule has 246 valence electrons. The van der Waals surface area contributed by atoms with Gasteiger partial charge in [0.05, 0.1) is 32.9 Å². The molecule has 2 aromatic heterocycles. The molecule has 2 aliphatic rings. The summed E-state index contributed by atoms with van der Waals surface area (Å²) in [5.74, 6) is -1.61. The molecular formula is C34H37Cl3F2N4O3. The van der Waals surface area contributed by atoms with Crippen molar-refractivity contribution in [2.24, 2.45) is 11.7 Å². The number of aromatic nitrogens is 2. The van der Waals surface area contributed by atoms with Crippen molar-refractivity contribution in [3.63, 3.8) is 0 Å². The topological polar surface area (TPSA) is 107 Å². The second-order valence-electron chi connectivity index (χ2n) is 10.5. The predicted molar refractivity (Wildman–Crippen MR) is 181 cm³/mol. The molecule has 6 rings (SSSR count). The van der Waals surface area contributed by atoms with Crippen LogP contribution in [0, 0.1) is 24.5 Å². The molecule has 0 radical (unpaired) electrons. The van der Waals surface area contributed by atoms with Crippen LogP contribution in [0.25, 0.3) is 22.2 Å². The predicted octanol–water partition coefficient (Wildman–Crippen LogP) is 8.68. The molecule has 3 heterocycles. The summed E-state index contributed by atoms with van der Waals surface area (Å²) in [5, 5.41) is 4.23. The van der Waals surface area contributed by atoms with Crippen LogP contribution >= 0.6 is 34.8 Å². The minimum absolute atomic E-state index is 0.0813. The number of nitrogens with two attached hydrogens (primary N) is 1. The van der Waals surface area contributed by atoms with Crippen molar-refractivity contribution in [3.8, 4) is 17.0 Å². The van der Waals surface area contributed by atoms with E-state index in [-0.39, 0.29) is 28.3 Å². The number of carbonyl (C=O) groups excluding carboxylic acids is 2. The van der Waals surface area contributed by atoms with Crippen molar-refractivity contribution in [2.75, 3.05) is 20.2 Å². The zero-order chi connectivity index (χ0) is 34.3. The van der Waals surface area contributed by atoms with E-state index in [1.165, 1.54) is 13.1 Å². The van der Waals surface area contributed by atoms with Gasteiger partial charge < -0.3 is 20.6 Å². The first-order valence-corrected chi connectivity index (χ1v) is 16.0. The first-order chi connectivity index (χ1) is 22.1. The highest BCUT2D eigenvalue weighted by Gasteiger charge is 2.36. The molecule has 1 aliphatic heterocycles. The highest BCUT2D eigenvalue weighted by atomic mass is 35.5. The highest BCUT2D eigenvalue weighted by molar-refractivity contribution is 6.36. The molecule has 12 heteroatoms. The third-order valence-corrected chi connectivity index (χ3v) is 8.68. The minimum Gasteiger partial charge on any atom is -0.490 e. The largest absolute Gasteiger partial charge is 0.490 e. The summed E-state index contributed by atoms with van der Waals surface area (Å²) in [4.78, 5) is 30.6. The van der Waals surface area contributed by atoms with Crippen LogP contribution in [0.15, 0.2) is 36.4 Å². The van der Waals surface area contributed by atoms with Crippen molar-refractivity contribution < 1.29 is 23.1 Å². The van der Waals surface area contributed by atoms with Crippen molar-refractivity contribution >= 4 is 58.4 Å². The number of ether oxygens (including phenoxy) is 1. The molecule has 2 unspecified atom stereocenters. The normalized spacial score (nSPS) is 15.2. The fourth-order valence-electron chi connectivity index (χ4n) is 5.23. The van der Waals surface area contributed by atoms with Crippen LogP contribution < -0.4 is 15.8 Å². The SMILES string of the molecule is C=O.CC.CN.Cc1nc2c(Cl)cc(C(=O)NCC(c3cc4c(c(-c5ccc(F)c(F)c5Cl)n3)OCC4C)C3CC3)cc2cc1Cl. The van der Waals surface area contributed by atoms with Gasteiger partial charge in [0.1, 0.15) is 18.2 Å². The number of benzene rings is 2. The van der Waals surface area contributed by atoms with Gasteiger partial charge in [-0.1, -0.05) is 55.6 Å². The molecule has 2 atom stereocenters. The van der Waals surface area contributed by atoms with E-state index in [4.69, 9.17) is 49.3 Å². The Labute approximate surface area is 282 Å². The molecule has 0 spiro atoms. The number of nitrogens with one attached hydrogen (secondary N) is 1. The zero-order valence-electron chi connectivity index (χ0n) is 26.3. The Bertz CT molecular complexity index is 1720. The Hall–Kier alpha value is -3.37. The van der Waals surface area contributed by atoms with E-state index < -0.39 is 11.6 Å². The first-order valence-electron chi connectivity index (χ1n) is 14.8. The molecule has 3 N–H and O–H groups in total. The van der Waals surface area contributed by atoms with Crippen LogP contribution in [-0.4, -0.2) is 42.9 Å². The Morgan fingerprint density at radius 2 is 1.74 bits per heavy atom. The van der Waals surface area contributed by atoms with E-state index in [1.54, 1.807) is 25.1 Å². The van der Waals surface area contributed by atoms with Crippen molar-refractivity contribution in [2.45, 2.75) is 52.4 Å². The second kappa shape index (κ2) is 16.5. The average molecular weight is 694 g/mol. The lowest BCUT2D eigenvalue weighted by molar-refractivity contribution is -0.0980. The summed E-state index contributed by atoms with van der Waals surface area (Å²) in [6.45, 7) is 10.6. The lowest BCUT2D eigenvalue weighted by atomic mass is 9.93. The van der Waals surface area contributed by atoms with Gasteiger partial charge in [-0.2, -0.15) is 0 Å². The van der Waals surface area contributed by atoms with Gasteiger partial charge in [0.2, 0.25) is 0 Å². The van der Waals surface area contributed by atoms with Crippen molar-refractivity contribution in [1.29, 1.82) is 0 Å². The molecule has 1 aliphatic carbocycles. The number of halogens is 5. The van der Waals surface area contributed by atoms with Crippen LogP contribution in [0.1, 0.15) is 72.8 Å². The third kappa shape index (κ3) is 7.77. The lowest BCUT2D eigenvalue weighted by Crippen LogP contribution is -2.29. The molecule has 2 aromatic carbocycles. The Kier molecular flexibility index (Phi) is 13.3. The standard InChI is InChI=1S/C30H24Cl3F2N3O2.C2H6.CH5N.CH2O/c1-13-12-40-29-19(13)10-24(38-28(29)18-5-6-23(34)26(35)25(18)33)20(15-3-4-15)11-36-30(39)17-7-16-8-21(31)14(2)37-27(16)22(32)9-17;3*1-2/h5-10,13,15,20H,3-4,11-12H2,1-2H3,(H,36,39);1-2H3;2H2,1H3;1H2. The fraction of sp³-hybridized carbons (Fsp3) is 0.353. The van der Waals surface area contributed by atoms with Gasteiger partial charge in [-0.25, -0.2) is 13.8 Å². The van der Waals surface area contributed by atoms with Crippen LogP contribution in [0.4, 0.5) is 8.78 Å². The quantitative estimate of drug-likeness (QED) is 0.196. The Morgan fingerprint density at radius 3 is 2.39 bits per heavy atom. The lowest BCUT2D eigenvalue weighted by Gasteiger charge is -2.20. The molecule has 46 heavy (non-hydrogen) atoms. The average Bonchev–Trinajstić information content (AvgIpc) is 3.85. The van der Waals surface area contributed by atoms with Gasteiger partial charge in [0, 0.05) is 46.2 Å². The van der Waals surface area contributed by atoms with E-state index in [2.05, 4.69) is 16.0 Å². The third-order valence-electron chi connectivity index (χ3n) is 7.64. The molecule has 0 bridgehead atoms. The highest BCUT2D eigenvalue weighted by Crippen LogP contribution is 2.47. The van der Waals surface area contributed by atoms with Gasteiger partial charge in [-0.05, 0) is 69.1 Å². The number of hydrogen-bond acceptors (Lipinski definition) is 6. The van der Waals surface area contributed by atoms with Crippen molar-refractivity contribution in [1.82, 2.24) is 15.3 Å². The van der Waals surface area contributed by atoms with Crippen LogP contribution in [0.5, 0.6) is 5.75 Å². The number of amides is 1. The maximum absolute atomic E-state index is 14.4. The van der Waals surface area contributed by atoms with Crippen LogP contribution in [0.2, 0.25) is 15.1 Å². The zero-order valence-corrected chi connectivity index (χ0v) is 28.6. The van der Waals surface area contributed by atoms with E-state index in [9.17, 15) is 13.6 Å². The van der Waals surface area contributed by atoms with Crippen LogP contribution in [0.3, 0.4) is 0 Å². The van der Waals surface area contributed by atoms with E-state index in [0.29, 0.717) is 62.7 Å². The van der Waals surface area contributed by atoms with Crippen LogP contribution in [-0.2, 0) is 4.79 Å². The number of fused-ring (bicyclic) bond motifs is 2. The van der Waals surface area contributed by atoms with Gasteiger partial charge in [-0.3, -0.25) is 9.78 Å². The number of rotatable bonds is 6. The number of hydrogen-bond donors (Lipinski definition) is 2. The summed E-state index contributed by atoms with van der Waals surface area (Å²) in [7, 11) is 1.50. The van der Waals surface area contributed by atoms with Gasteiger partial charge in [0.25, 0.3) is 5.91 Å². The summed E-state index contributed by atoms with van der Waals surface area (Å²) in [6.07, 6.45) is 2.00. The van der Waals surface area contributed by atoms with E-state index in [0.717, 1.165) is 30.2 Å².